The summed E-state index contributed by atoms with van der Waals surface area (Å²) in [4.78, 5) is 11.7. The molecule has 2 fully saturated rings. The van der Waals surface area contributed by atoms with Crippen LogP contribution in [-0.4, -0.2) is 11.6 Å². The first-order chi connectivity index (χ1) is 8.40. The predicted molar refractivity (Wildman–Crippen MR) is 75.3 cm³/mol. The molecule has 0 saturated heterocycles. The molecule has 2 heteroatoms. The lowest BCUT2D eigenvalue weighted by Gasteiger charge is -2.37. The summed E-state index contributed by atoms with van der Waals surface area (Å²) >= 11 is 0. The average Bonchev–Trinajstić information content (AvgIpc) is 2.93. The molecule has 0 aromatic carbocycles. The van der Waals surface area contributed by atoms with E-state index in [1.165, 1.54) is 25.7 Å². The summed E-state index contributed by atoms with van der Waals surface area (Å²) in [5.74, 6) is 2.24. The van der Waals surface area contributed by atoms with Crippen LogP contribution in [-0.2, 0) is 9.53 Å². The molecule has 2 aliphatic carbocycles. The van der Waals surface area contributed by atoms with Gasteiger partial charge in [-0.1, -0.05) is 34.1 Å². The normalized spacial score (nSPS) is 30.1. The Morgan fingerprint density at radius 2 is 1.78 bits per heavy atom. The lowest BCUT2D eigenvalue weighted by atomic mass is 9.78. The van der Waals surface area contributed by atoms with Crippen LogP contribution < -0.4 is 0 Å². The molecule has 106 valence electrons. The monoisotopic (exact) mass is 254 g/mol. The van der Waals surface area contributed by atoms with Gasteiger partial charge in [0.1, 0.15) is 5.60 Å². The molecule has 2 nitrogen and oxygen atoms in total. The van der Waals surface area contributed by atoms with E-state index < -0.39 is 0 Å². The van der Waals surface area contributed by atoms with E-state index in [4.69, 9.17) is 4.74 Å². The molecule has 2 rings (SSSR count). The van der Waals surface area contributed by atoms with Gasteiger partial charge in [-0.2, -0.15) is 0 Å². The van der Waals surface area contributed by atoms with Crippen LogP contribution in [0.25, 0.3) is 0 Å². The Kier molecular flexibility index (Phi) is 5.24. The molecular weight excluding hydrogens is 224 g/mol. The van der Waals surface area contributed by atoms with E-state index in [0.717, 1.165) is 11.8 Å². The first-order valence-electron chi connectivity index (χ1n) is 7.63. The maximum Gasteiger partial charge on any atom is 0.308 e. The highest BCUT2D eigenvalue weighted by Crippen LogP contribution is 2.52. The number of hydrogen-bond donors (Lipinski definition) is 0. The third-order valence-corrected chi connectivity index (χ3v) is 4.47. The molecule has 0 aliphatic heterocycles. The first-order valence-corrected chi connectivity index (χ1v) is 7.63. The maximum absolute atomic E-state index is 11.7. The van der Waals surface area contributed by atoms with Crippen molar-refractivity contribution in [2.45, 2.75) is 72.8 Å². The van der Waals surface area contributed by atoms with Crippen molar-refractivity contribution in [2.75, 3.05) is 0 Å². The molecule has 0 radical (unpaired) electrons. The second-order valence-corrected chi connectivity index (χ2v) is 6.46. The van der Waals surface area contributed by atoms with E-state index in [-0.39, 0.29) is 17.5 Å². The van der Waals surface area contributed by atoms with Crippen LogP contribution >= 0.6 is 0 Å². The number of esters is 1. The Morgan fingerprint density at radius 3 is 2.17 bits per heavy atom. The summed E-state index contributed by atoms with van der Waals surface area (Å²) in [6.07, 6.45) is 5.38. The zero-order chi connectivity index (χ0) is 13.9. The number of carbonyl (C=O) groups excluding carboxylic acids is 1. The van der Waals surface area contributed by atoms with Gasteiger partial charge in [0.15, 0.2) is 0 Å². The van der Waals surface area contributed by atoms with E-state index >= 15 is 0 Å². The fourth-order valence-electron chi connectivity index (χ4n) is 3.55. The lowest BCUT2D eigenvalue weighted by Crippen LogP contribution is -2.40. The Hall–Kier alpha value is -0.530. The fourth-order valence-corrected chi connectivity index (χ4v) is 3.55. The van der Waals surface area contributed by atoms with Crippen molar-refractivity contribution in [2.24, 2.45) is 23.7 Å². The number of hydrogen-bond acceptors (Lipinski definition) is 2. The van der Waals surface area contributed by atoms with Crippen LogP contribution in [0.15, 0.2) is 0 Å². The van der Waals surface area contributed by atoms with Crippen LogP contribution in [0.2, 0.25) is 0 Å². The Morgan fingerprint density at radius 1 is 1.17 bits per heavy atom. The largest absolute Gasteiger partial charge is 0.459 e. The van der Waals surface area contributed by atoms with Crippen molar-refractivity contribution in [1.82, 2.24) is 0 Å². The number of rotatable bonds is 3. The van der Waals surface area contributed by atoms with E-state index in [0.29, 0.717) is 5.92 Å². The third kappa shape index (κ3) is 3.27. The molecule has 18 heavy (non-hydrogen) atoms. The van der Waals surface area contributed by atoms with E-state index in [1.54, 1.807) is 0 Å². The zero-order valence-corrected chi connectivity index (χ0v) is 13.0. The molecule has 2 bridgehead atoms. The standard InChI is InChI=1S/C14H24O2.C2H6/c1-9(2)13(15)16-14(3,4)12-8-10-5-6-11(12)7-10;1-2/h9-12H,5-8H2,1-4H3;1-2H3. The van der Waals surface area contributed by atoms with Crippen molar-refractivity contribution >= 4 is 5.97 Å². The fraction of sp³-hybridized carbons (Fsp3) is 0.938. The van der Waals surface area contributed by atoms with Crippen LogP contribution in [0.5, 0.6) is 0 Å². The van der Waals surface area contributed by atoms with Crippen LogP contribution in [0.3, 0.4) is 0 Å². The van der Waals surface area contributed by atoms with Crippen molar-refractivity contribution in [1.29, 1.82) is 0 Å². The Labute approximate surface area is 112 Å². The van der Waals surface area contributed by atoms with Crippen LogP contribution in [0, 0.1) is 23.7 Å². The van der Waals surface area contributed by atoms with Gasteiger partial charge in [-0.15, -0.1) is 0 Å². The zero-order valence-electron chi connectivity index (χ0n) is 13.0. The van der Waals surface area contributed by atoms with Crippen molar-refractivity contribution < 1.29 is 9.53 Å². The van der Waals surface area contributed by atoms with Gasteiger partial charge >= 0.3 is 5.97 Å². The van der Waals surface area contributed by atoms with Gasteiger partial charge in [0, 0.05) is 5.92 Å². The molecule has 3 unspecified atom stereocenters. The highest BCUT2D eigenvalue weighted by molar-refractivity contribution is 5.72. The van der Waals surface area contributed by atoms with E-state index in [1.807, 2.05) is 27.7 Å². The van der Waals surface area contributed by atoms with Crippen molar-refractivity contribution in [3.05, 3.63) is 0 Å². The van der Waals surface area contributed by atoms with Crippen molar-refractivity contribution in [3.63, 3.8) is 0 Å². The Bertz CT molecular complexity index is 281. The van der Waals surface area contributed by atoms with Gasteiger partial charge in [-0.05, 0) is 44.9 Å². The molecule has 2 aliphatic rings. The summed E-state index contributed by atoms with van der Waals surface area (Å²) in [6, 6.07) is 0. The Balaban J connectivity index is 0.000000771. The smallest absolute Gasteiger partial charge is 0.308 e. The summed E-state index contributed by atoms with van der Waals surface area (Å²) < 4.78 is 5.70. The van der Waals surface area contributed by atoms with Gasteiger partial charge in [0.05, 0.1) is 5.92 Å². The van der Waals surface area contributed by atoms with Gasteiger partial charge in [0.2, 0.25) is 0 Å². The van der Waals surface area contributed by atoms with Crippen molar-refractivity contribution in [3.8, 4) is 0 Å². The SMILES string of the molecule is CC.CC(C)C(=O)OC(C)(C)C1CC2CCC1C2. The molecule has 0 spiro atoms. The summed E-state index contributed by atoms with van der Waals surface area (Å²) in [7, 11) is 0. The molecule has 0 aromatic rings. The molecule has 0 aromatic heterocycles. The highest BCUT2D eigenvalue weighted by Gasteiger charge is 2.48. The average molecular weight is 254 g/mol. The summed E-state index contributed by atoms with van der Waals surface area (Å²) in [6.45, 7) is 12.0. The van der Waals surface area contributed by atoms with E-state index in [9.17, 15) is 4.79 Å². The minimum atomic E-state index is -0.263. The van der Waals surface area contributed by atoms with Gasteiger partial charge in [0.25, 0.3) is 0 Å². The van der Waals surface area contributed by atoms with Gasteiger partial charge < -0.3 is 4.74 Å². The summed E-state index contributed by atoms with van der Waals surface area (Å²) in [5, 5.41) is 0. The maximum atomic E-state index is 11.7. The van der Waals surface area contributed by atoms with Crippen LogP contribution in [0.1, 0.15) is 67.2 Å². The third-order valence-electron chi connectivity index (χ3n) is 4.47. The lowest BCUT2D eigenvalue weighted by molar-refractivity contribution is -0.167. The second kappa shape index (κ2) is 6.08. The highest BCUT2D eigenvalue weighted by atomic mass is 16.6. The van der Waals surface area contributed by atoms with Crippen LogP contribution in [0.4, 0.5) is 0 Å². The molecule has 0 amide bonds. The number of ether oxygens (including phenoxy) is 1. The number of carbonyl (C=O) groups is 1. The minimum absolute atomic E-state index is 0.0159. The van der Waals surface area contributed by atoms with E-state index in [2.05, 4.69) is 13.8 Å². The number of fused-ring (bicyclic) bond motifs is 2. The minimum Gasteiger partial charge on any atom is -0.459 e. The quantitative estimate of drug-likeness (QED) is 0.697. The first kappa shape index (κ1) is 15.5. The summed E-state index contributed by atoms with van der Waals surface area (Å²) in [5.41, 5.74) is -0.263. The topological polar surface area (TPSA) is 26.3 Å². The van der Waals surface area contributed by atoms with Gasteiger partial charge in [-0.25, -0.2) is 0 Å². The second-order valence-electron chi connectivity index (χ2n) is 6.46. The predicted octanol–water partition coefficient (Wildman–Crippen LogP) is 4.43. The van der Waals surface area contributed by atoms with Gasteiger partial charge in [-0.3, -0.25) is 4.79 Å². The molecule has 2 saturated carbocycles. The molecule has 0 heterocycles. The molecule has 0 N–H and O–H groups in total. The molecular formula is C16H30O2. The molecule has 3 atom stereocenters.